The Balaban J connectivity index is 2.12. The van der Waals surface area contributed by atoms with Crippen molar-refractivity contribution in [3.05, 3.63) is 32.7 Å². The fraction of sp³-hybridized carbons (Fsp3) is 0.636. The second kappa shape index (κ2) is 15.0. The maximum absolute atomic E-state index is 12.3. The van der Waals surface area contributed by atoms with Crippen LogP contribution in [0.5, 0.6) is 0 Å². The van der Waals surface area contributed by atoms with Gasteiger partial charge in [-0.1, -0.05) is 96.6 Å². The molecule has 0 aliphatic carbocycles. The first-order chi connectivity index (χ1) is 13.4. The Morgan fingerprint density at radius 3 is 1.89 bits per heavy atom. The molecule has 1 aromatic rings. The van der Waals surface area contributed by atoms with E-state index in [-0.39, 0.29) is 11.8 Å². The van der Waals surface area contributed by atoms with E-state index in [2.05, 4.69) is 49.4 Å². The molecule has 4 nitrogen and oxygen atoms in total. The van der Waals surface area contributed by atoms with Crippen LogP contribution >= 0.6 is 31.9 Å². The third-order valence-corrected chi connectivity index (χ3v) is 5.61. The number of carbonyl (C=O) groups excluding carboxylic acids is 2. The van der Waals surface area contributed by atoms with Gasteiger partial charge in [0.2, 0.25) is 5.91 Å². The molecule has 0 bridgehead atoms. The number of unbranched alkanes of at least 4 members (excludes halogenated alkanes) is 9. The van der Waals surface area contributed by atoms with Crippen LogP contribution in [0.2, 0.25) is 0 Å². The summed E-state index contributed by atoms with van der Waals surface area (Å²) in [5.74, 6) is -0.401. The van der Waals surface area contributed by atoms with Gasteiger partial charge >= 0.3 is 0 Å². The predicted octanol–water partition coefficient (Wildman–Crippen LogP) is 6.37. The van der Waals surface area contributed by atoms with E-state index in [1.807, 2.05) is 6.07 Å². The second-order valence-corrected chi connectivity index (χ2v) is 9.16. The van der Waals surface area contributed by atoms with Crippen LogP contribution in [0.3, 0.4) is 0 Å². The van der Waals surface area contributed by atoms with E-state index in [4.69, 9.17) is 0 Å². The third-order valence-electron chi connectivity index (χ3n) is 4.70. The highest BCUT2D eigenvalue weighted by Gasteiger charge is 2.16. The Morgan fingerprint density at radius 1 is 0.857 bits per heavy atom. The van der Waals surface area contributed by atoms with E-state index < -0.39 is 6.04 Å². The highest BCUT2D eigenvalue weighted by atomic mass is 79.9. The standard InChI is InChI=1S/C22H34Br2N2O2/c1-3-4-5-6-7-8-9-10-11-12-13-25-21(27)17(2)26-22(28)18-14-19(23)16-20(24)15-18/h14-17H,3-13H2,1-2H3,(H,25,27)(H,26,28)/t17-/m0/s1. The van der Waals surface area contributed by atoms with Gasteiger partial charge in [-0.25, -0.2) is 0 Å². The van der Waals surface area contributed by atoms with Crippen molar-refractivity contribution in [3.8, 4) is 0 Å². The van der Waals surface area contributed by atoms with Crippen molar-refractivity contribution in [2.24, 2.45) is 0 Å². The van der Waals surface area contributed by atoms with Gasteiger partial charge in [-0.2, -0.15) is 0 Å². The molecule has 0 saturated heterocycles. The van der Waals surface area contributed by atoms with Crippen LogP contribution in [0, 0.1) is 0 Å². The number of benzene rings is 1. The normalized spacial score (nSPS) is 11.9. The lowest BCUT2D eigenvalue weighted by molar-refractivity contribution is -0.122. The van der Waals surface area contributed by atoms with Crippen LogP contribution in [0.15, 0.2) is 27.1 Å². The molecule has 1 aromatic carbocycles. The van der Waals surface area contributed by atoms with Gasteiger partial charge in [-0.05, 0) is 31.5 Å². The average Bonchev–Trinajstić information content (AvgIpc) is 2.65. The van der Waals surface area contributed by atoms with E-state index in [1.165, 1.54) is 51.4 Å². The van der Waals surface area contributed by atoms with Gasteiger partial charge in [0.15, 0.2) is 0 Å². The fourth-order valence-electron chi connectivity index (χ4n) is 3.01. The van der Waals surface area contributed by atoms with Crippen molar-refractivity contribution < 1.29 is 9.59 Å². The van der Waals surface area contributed by atoms with Gasteiger partial charge in [-0.3, -0.25) is 9.59 Å². The minimum absolute atomic E-state index is 0.140. The number of hydrogen-bond acceptors (Lipinski definition) is 2. The molecule has 0 aliphatic heterocycles. The maximum Gasteiger partial charge on any atom is 0.251 e. The quantitative estimate of drug-likeness (QED) is 0.282. The molecule has 0 heterocycles. The molecule has 0 spiro atoms. The number of amides is 2. The number of halogens is 2. The monoisotopic (exact) mass is 516 g/mol. The largest absolute Gasteiger partial charge is 0.354 e. The molecule has 1 rings (SSSR count). The molecule has 0 aliphatic rings. The summed E-state index contributed by atoms with van der Waals surface area (Å²) in [5, 5.41) is 5.66. The van der Waals surface area contributed by atoms with E-state index in [0.717, 1.165) is 21.8 Å². The molecular formula is C22H34Br2N2O2. The lowest BCUT2D eigenvalue weighted by atomic mass is 10.1. The van der Waals surface area contributed by atoms with E-state index >= 15 is 0 Å². The van der Waals surface area contributed by atoms with Gasteiger partial charge in [-0.15, -0.1) is 0 Å². The summed E-state index contributed by atoms with van der Waals surface area (Å²) in [6.07, 6.45) is 12.7. The molecule has 0 aromatic heterocycles. The lowest BCUT2D eigenvalue weighted by Gasteiger charge is -2.14. The molecular weight excluding hydrogens is 484 g/mol. The van der Waals surface area contributed by atoms with Gasteiger partial charge in [0.1, 0.15) is 6.04 Å². The summed E-state index contributed by atoms with van der Waals surface area (Å²) in [6, 6.07) is 4.76. The Hall–Kier alpha value is -0.880. The first kappa shape index (κ1) is 25.2. The molecule has 28 heavy (non-hydrogen) atoms. The molecule has 158 valence electrons. The van der Waals surface area contributed by atoms with Crippen molar-refractivity contribution >= 4 is 43.7 Å². The number of nitrogens with one attached hydrogen (secondary N) is 2. The zero-order valence-electron chi connectivity index (χ0n) is 17.2. The topological polar surface area (TPSA) is 58.2 Å². The van der Waals surface area contributed by atoms with Crippen LogP contribution in [-0.4, -0.2) is 24.4 Å². The summed E-state index contributed by atoms with van der Waals surface area (Å²) < 4.78 is 1.62. The van der Waals surface area contributed by atoms with Crippen molar-refractivity contribution in [2.45, 2.75) is 84.1 Å². The van der Waals surface area contributed by atoms with Crippen LogP contribution in [0.1, 0.15) is 88.4 Å². The van der Waals surface area contributed by atoms with E-state index in [9.17, 15) is 9.59 Å². The predicted molar refractivity (Wildman–Crippen MR) is 124 cm³/mol. The van der Waals surface area contributed by atoms with Gasteiger partial charge in [0.25, 0.3) is 5.91 Å². The van der Waals surface area contributed by atoms with Crippen LogP contribution in [0.25, 0.3) is 0 Å². The highest BCUT2D eigenvalue weighted by molar-refractivity contribution is 9.11. The summed E-state index contributed by atoms with van der Waals surface area (Å²) in [4.78, 5) is 24.5. The Labute approximate surface area is 186 Å². The van der Waals surface area contributed by atoms with Gasteiger partial charge in [0.05, 0.1) is 0 Å². The van der Waals surface area contributed by atoms with Crippen molar-refractivity contribution in [1.82, 2.24) is 10.6 Å². The van der Waals surface area contributed by atoms with Crippen LogP contribution in [0.4, 0.5) is 0 Å². The molecule has 6 heteroatoms. The molecule has 2 N–H and O–H groups in total. The van der Waals surface area contributed by atoms with Crippen LogP contribution < -0.4 is 10.6 Å². The van der Waals surface area contributed by atoms with Crippen molar-refractivity contribution in [2.75, 3.05) is 6.54 Å². The van der Waals surface area contributed by atoms with Crippen molar-refractivity contribution in [1.29, 1.82) is 0 Å². The molecule has 0 unspecified atom stereocenters. The summed E-state index contributed by atoms with van der Waals surface area (Å²) in [5.41, 5.74) is 0.510. The Morgan fingerprint density at radius 2 is 1.36 bits per heavy atom. The summed E-state index contributed by atoms with van der Waals surface area (Å²) in [6.45, 7) is 4.62. The Kier molecular flexibility index (Phi) is 13.5. The van der Waals surface area contributed by atoms with E-state index in [0.29, 0.717) is 12.1 Å². The zero-order chi connectivity index (χ0) is 20.8. The first-order valence-corrected chi connectivity index (χ1v) is 12.1. The SMILES string of the molecule is CCCCCCCCCCCCNC(=O)[C@H](C)NC(=O)c1cc(Br)cc(Br)c1. The van der Waals surface area contributed by atoms with Gasteiger partial charge in [0, 0.05) is 21.1 Å². The van der Waals surface area contributed by atoms with Gasteiger partial charge < -0.3 is 10.6 Å². The number of carbonyl (C=O) groups is 2. The van der Waals surface area contributed by atoms with E-state index in [1.54, 1.807) is 19.1 Å². The number of rotatable bonds is 14. The second-order valence-electron chi connectivity index (χ2n) is 7.33. The molecule has 0 fully saturated rings. The average molecular weight is 518 g/mol. The minimum atomic E-state index is -0.562. The molecule has 2 amide bonds. The fourth-order valence-corrected chi connectivity index (χ4v) is 4.30. The first-order valence-electron chi connectivity index (χ1n) is 10.5. The van der Waals surface area contributed by atoms with Crippen molar-refractivity contribution in [3.63, 3.8) is 0 Å². The summed E-state index contributed by atoms with van der Waals surface area (Å²) >= 11 is 6.73. The summed E-state index contributed by atoms with van der Waals surface area (Å²) in [7, 11) is 0. The lowest BCUT2D eigenvalue weighted by Crippen LogP contribution is -2.45. The minimum Gasteiger partial charge on any atom is -0.354 e. The third kappa shape index (κ3) is 11.2. The maximum atomic E-state index is 12.3. The molecule has 0 saturated carbocycles. The van der Waals surface area contributed by atoms with Crippen LogP contribution in [-0.2, 0) is 4.79 Å². The zero-order valence-corrected chi connectivity index (χ0v) is 20.3. The Bertz CT molecular complexity index is 588. The highest BCUT2D eigenvalue weighted by Crippen LogP contribution is 2.20. The smallest absolute Gasteiger partial charge is 0.251 e. The molecule has 1 atom stereocenters. The molecule has 0 radical (unpaired) electrons. The number of hydrogen-bond donors (Lipinski definition) is 2.